The lowest BCUT2D eigenvalue weighted by atomic mass is 10.2. The van der Waals surface area contributed by atoms with Crippen molar-refractivity contribution in [3.8, 4) is 0 Å². The molecule has 1 aliphatic heterocycles. The third-order valence-electron chi connectivity index (χ3n) is 2.44. The van der Waals surface area contributed by atoms with Gasteiger partial charge in [-0.2, -0.15) is 13.2 Å². The van der Waals surface area contributed by atoms with Crippen molar-refractivity contribution in [3.63, 3.8) is 0 Å². The van der Waals surface area contributed by atoms with E-state index < -0.39 is 29.8 Å². The third kappa shape index (κ3) is 4.96. The molecule has 19 heavy (non-hydrogen) atoms. The maximum absolute atomic E-state index is 12.2. The predicted octanol–water partition coefficient (Wildman–Crippen LogP) is 1.67. The summed E-state index contributed by atoms with van der Waals surface area (Å²) in [6.07, 6.45) is -5.29. The number of hydrogen-bond acceptors (Lipinski definition) is 3. The minimum atomic E-state index is -4.87. The number of amides is 2. The first-order chi connectivity index (χ1) is 8.49. The molecule has 0 aliphatic carbocycles. The van der Waals surface area contributed by atoms with E-state index in [1.54, 1.807) is 20.8 Å². The normalized spacial score (nSPS) is 20.3. The van der Waals surface area contributed by atoms with E-state index in [0.29, 0.717) is 4.90 Å². The Balaban J connectivity index is 2.45. The maximum atomic E-state index is 12.2. The minimum absolute atomic E-state index is 0.0290. The van der Waals surface area contributed by atoms with Gasteiger partial charge in [0.05, 0.1) is 6.04 Å². The van der Waals surface area contributed by atoms with Crippen molar-refractivity contribution in [2.45, 2.75) is 45.0 Å². The summed E-state index contributed by atoms with van der Waals surface area (Å²) < 4.78 is 41.6. The van der Waals surface area contributed by atoms with Gasteiger partial charge in [-0.05, 0) is 27.2 Å². The highest BCUT2D eigenvalue weighted by Gasteiger charge is 2.44. The Morgan fingerprint density at radius 1 is 1.26 bits per heavy atom. The van der Waals surface area contributed by atoms with Crippen molar-refractivity contribution in [3.05, 3.63) is 0 Å². The molecule has 5 nitrogen and oxygen atoms in total. The number of rotatable bonds is 1. The monoisotopic (exact) mass is 282 g/mol. The van der Waals surface area contributed by atoms with Crippen LogP contribution in [0.1, 0.15) is 27.2 Å². The standard InChI is InChI=1S/C11H17F3N2O3/c1-10(2,3)19-9(18)15-7-4-5-16(6-7)8(17)11(12,13)14/h7H,4-6H2,1-3H3,(H,15,18)/t7-/m0/s1. The summed E-state index contributed by atoms with van der Waals surface area (Å²) in [5.74, 6) is -1.87. The second-order valence-corrected chi connectivity index (χ2v) is 5.38. The SMILES string of the molecule is CC(C)(C)OC(=O)N[C@H]1CCN(C(=O)C(F)(F)F)C1. The van der Waals surface area contributed by atoms with Crippen molar-refractivity contribution in [1.82, 2.24) is 10.2 Å². The van der Waals surface area contributed by atoms with Crippen LogP contribution in [0.2, 0.25) is 0 Å². The van der Waals surface area contributed by atoms with Crippen LogP contribution in [-0.2, 0) is 9.53 Å². The predicted molar refractivity (Wildman–Crippen MR) is 60.4 cm³/mol. The first-order valence-electron chi connectivity index (χ1n) is 5.84. The maximum Gasteiger partial charge on any atom is 0.471 e. The van der Waals surface area contributed by atoms with E-state index >= 15 is 0 Å². The van der Waals surface area contributed by atoms with Gasteiger partial charge in [-0.15, -0.1) is 0 Å². The van der Waals surface area contributed by atoms with Gasteiger partial charge in [0.15, 0.2) is 0 Å². The minimum Gasteiger partial charge on any atom is -0.444 e. The van der Waals surface area contributed by atoms with Gasteiger partial charge in [0.2, 0.25) is 0 Å². The van der Waals surface area contributed by atoms with Crippen LogP contribution in [0.15, 0.2) is 0 Å². The molecule has 0 spiro atoms. The van der Waals surface area contributed by atoms with Crippen molar-refractivity contribution in [2.24, 2.45) is 0 Å². The highest BCUT2D eigenvalue weighted by atomic mass is 19.4. The zero-order valence-electron chi connectivity index (χ0n) is 11.0. The molecular weight excluding hydrogens is 265 g/mol. The number of ether oxygens (including phenoxy) is 1. The highest BCUT2D eigenvalue weighted by molar-refractivity contribution is 5.82. The van der Waals surface area contributed by atoms with Gasteiger partial charge in [0, 0.05) is 13.1 Å². The number of carbonyl (C=O) groups is 2. The molecule has 0 aromatic rings. The van der Waals surface area contributed by atoms with E-state index in [0.717, 1.165) is 0 Å². The van der Waals surface area contributed by atoms with Crippen molar-refractivity contribution in [2.75, 3.05) is 13.1 Å². The molecule has 0 radical (unpaired) electrons. The van der Waals surface area contributed by atoms with E-state index in [9.17, 15) is 22.8 Å². The second kappa shape index (κ2) is 5.26. The van der Waals surface area contributed by atoms with E-state index in [-0.39, 0.29) is 19.5 Å². The first-order valence-corrected chi connectivity index (χ1v) is 5.84. The Hall–Kier alpha value is -1.47. The van der Waals surface area contributed by atoms with Gasteiger partial charge in [-0.25, -0.2) is 4.79 Å². The molecule has 1 rings (SSSR count). The van der Waals surface area contributed by atoms with Crippen LogP contribution in [0.25, 0.3) is 0 Å². The Kier molecular flexibility index (Phi) is 4.32. The zero-order valence-corrected chi connectivity index (χ0v) is 11.0. The summed E-state index contributed by atoms with van der Waals surface area (Å²) in [5, 5.41) is 2.45. The summed E-state index contributed by atoms with van der Waals surface area (Å²) in [5.41, 5.74) is -0.676. The van der Waals surface area contributed by atoms with E-state index in [2.05, 4.69) is 5.32 Å². The molecule has 1 saturated heterocycles. The molecule has 1 fully saturated rings. The van der Waals surface area contributed by atoms with Gasteiger partial charge in [-0.1, -0.05) is 0 Å². The Morgan fingerprint density at radius 2 is 1.84 bits per heavy atom. The van der Waals surface area contributed by atoms with Crippen LogP contribution in [0.5, 0.6) is 0 Å². The molecule has 1 N–H and O–H groups in total. The van der Waals surface area contributed by atoms with E-state index in [1.807, 2.05) is 0 Å². The number of hydrogen-bond donors (Lipinski definition) is 1. The van der Waals surface area contributed by atoms with Crippen LogP contribution in [-0.4, -0.2) is 47.8 Å². The molecule has 8 heteroatoms. The Morgan fingerprint density at radius 3 is 2.32 bits per heavy atom. The van der Waals surface area contributed by atoms with Crippen LogP contribution >= 0.6 is 0 Å². The fourth-order valence-electron chi connectivity index (χ4n) is 1.72. The number of alkyl carbamates (subject to hydrolysis) is 1. The number of nitrogens with zero attached hydrogens (tertiary/aromatic N) is 1. The van der Waals surface area contributed by atoms with E-state index in [4.69, 9.17) is 4.74 Å². The zero-order chi connectivity index (χ0) is 14.8. The number of alkyl halides is 3. The lowest BCUT2D eigenvalue weighted by Crippen LogP contribution is -2.44. The second-order valence-electron chi connectivity index (χ2n) is 5.38. The average molecular weight is 282 g/mol. The molecule has 1 heterocycles. The van der Waals surface area contributed by atoms with Gasteiger partial charge in [-0.3, -0.25) is 4.79 Å². The van der Waals surface area contributed by atoms with Crippen molar-refractivity contribution >= 4 is 12.0 Å². The largest absolute Gasteiger partial charge is 0.471 e. The molecule has 110 valence electrons. The van der Waals surface area contributed by atoms with Crippen LogP contribution < -0.4 is 5.32 Å². The molecule has 0 bridgehead atoms. The van der Waals surface area contributed by atoms with Crippen LogP contribution in [0, 0.1) is 0 Å². The van der Waals surface area contributed by atoms with E-state index in [1.165, 1.54) is 0 Å². The first kappa shape index (κ1) is 15.6. The van der Waals surface area contributed by atoms with Crippen molar-refractivity contribution < 1.29 is 27.5 Å². The number of halogens is 3. The van der Waals surface area contributed by atoms with Gasteiger partial charge < -0.3 is 15.0 Å². The fourth-order valence-corrected chi connectivity index (χ4v) is 1.72. The summed E-state index contributed by atoms with van der Waals surface area (Å²) in [6, 6.07) is -0.513. The quantitative estimate of drug-likeness (QED) is 0.796. The van der Waals surface area contributed by atoms with Crippen LogP contribution in [0.3, 0.4) is 0 Å². The van der Waals surface area contributed by atoms with Gasteiger partial charge in [0.25, 0.3) is 0 Å². The summed E-state index contributed by atoms with van der Waals surface area (Å²) in [4.78, 5) is 23.1. The number of carbonyl (C=O) groups excluding carboxylic acids is 2. The van der Waals surface area contributed by atoms with Gasteiger partial charge in [0.1, 0.15) is 5.60 Å². The fraction of sp³-hybridized carbons (Fsp3) is 0.818. The highest BCUT2D eigenvalue weighted by Crippen LogP contribution is 2.21. The number of nitrogens with one attached hydrogen (secondary N) is 1. The lowest BCUT2D eigenvalue weighted by molar-refractivity contribution is -0.184. The molecule has 2 amide bonds. The molecule has 0 aromatic carbocycles. The Bertz CT molecular complexity index is 363. The lowest BCUT2D eigenvalue weighted by Gasteiger charge is -2.22. The molecule has 0 saturated carbocycles. The topological polar surface area (TPSA) is 58.6 Å². The smallest absolute Gasteiger partial charge is 0.444 e. The van der Waals surface area contributed by atoms with Gasteiger partial charge >= 0.3 is 18.2 Å². The van der Waals surface area contributed by atoms with Crippen molar-refractivity contribution in [1.29, 1.82) is 0 Å². The molecule has 0 unspecified atom stereocenters. The summed E-state index contributed by atoms with van der Waals surface area (Å²) in [6.45, 7) is 4.86. The summed E-state index contributed by atoms with van der Waals surface area (Å²) >= 11 is 0. The molecule has 0 aromatic heterocycles. The Labute approximate surface area is 109 Å². The molecular formula is C11H17F3N2O3. The molecule has 1 aliphatic rings. The third-order valence-corrected chi connectivity index (χ3v) is 2.44. The average Bonchev–Trinajstić information content (AvgIpc) is 2.60. The summed E-state index contributed by atoms with van der Waals surface area (Å²) in [7, 11) is 0. The number of likely N-dealkylation sites (tertiary alicyclic amines) is 1. The molecule has 1 atom stereocenters. The van der Waals surface area contributed by atoms with Crippen LogP contribution in [0.4, 0.5) is 18.0 Å².